The predicted octanol–water partition coefficient (Wildman–Crippen LogP) is -3.14. The Bertz CT molecular complexity index is 1680. The Balaban J connectivity index is 5.61. The molecule has 30 nitrogen and oxygen atoms in total. The molecule has 0 aliphatic heterocycles. The van der Waals surface area contributed by atoms with E-state index in [1.165, 1.54) is 26.0 Å². The highest BCUT2D eigenvalue weighted by Crippen LogP contribution is 2.10. The number of aldehydes is 2. The van der Waals surface area contributed by atoms with Crippen LogP contribution < -0.4 is 10.6 Å². The molecule has 0 aliphatic carbocycles. The molecule has 0 saturated heterocycles. The molecule has 0 aliphatic rings. The van der Waals surface area contributed by atoms with Crippen LogP contribution >= 0.6 is 0 Å². The molecule has 0 fully saturated rings. The minimum absolute atomic E-state index is 0.0471. The summed E-state index contributed by atoms with van der Waals surface area (Å²) in [5.74, 6) is -10.2. The van der Waals surface area contributed by atoms with Crippen LogP contribution in [0.1, 0.15) is 51.9 Å². The van der Waals surface area contributed by atoms with Crippen LogP contribution in [0.4, 0.5) is 0 Å². The molecular weight excluding hydrogens is 991 g/mol. The average molecular weight is 1070 g/mol. The number of carbonyl (C=O) groups excluding carboxylic acids is 2. The first-order valence-electron chi connectivity index (χ1n) is 24.0. The number of unbranched alkanes of at least 4 members (excludes halogenated alkanes) is 2. The molecule has 0 amide bonds. The molecule has 0 saturated carbocycles. The normalized spacial score (nSPS) is 13.0. The molecule has 0 aromatic heterocycles. The van der Waals surface area contributed by atoms with Crippen LogP contribution in [0, 0.1) is 0 Å². The van der Waals surface area contributed by atoms with Crippen LogP contribution in [0.2, 0.25) is 0 Å². The Hall–Kier alpha value is -5.83. The fourth-order valence-electron chi connectivity index (χ4n) is 7.17. The second kappa shape index (κ2) is 42.5. The van der Waals surface area contributed by atoms with Gasteiger partial charge in [0.2, 0.25) is 0 Å². The maximum Gasteiger partial charge on any atom is 0.321 e. The Morgan fingerprint density at radius 2 is 0.946 bits per heavy atom. The molecule has 10 N–H and O–H groups in total. The topological polar surface area (TPSA) is 416 Å². The summed E-state index contributed by atoms with van der Waals surface area (Å²) >= 11 is 0. The van der Waals surface area contributed by atoms with E-state index in [1.54, 1.807) is 0 Å². The van der Waals surface area contributed by atoms with Crippen LogP contribution in [0.25, 0.3) is 0 Å². The maximum atomic E-state index is 12.5. The summed E-state index contributed by atoms with van der Waals surface area (Å²) < 4.78 is 17.2. The lowest BCUT2D eigenvalue weighted by Crippen LogP contribution is -2.50. The van der Waals surface area contributed by atoms with E-state index in [2.05, 4.69) is 15.6 Å². The van der Waals surface area contributed by atoms with Gasteiger partial charge in [-0.3, -0.25) is 83.4 Å². The van der Waals surface area contributed by atoms with Gasteiger partial charge < -0.3 is 64.7 Å². The molecule has 0 rings (SSSR count). The van der Waals surface area contributed by atoms with Crippen LogP contribution in [-0.2, 0) is 62.2 Å². The average Bonchev–Trinajstić information content (AvgIpc) is 3.29. The van der Waals surface area contributed by atoms with Crippen molar-refractivity contribution in [3.63, 3.8) is 0 Å². The van der Waals surface area contributed by atoms with Gasteiger partial charge in [-0.25, -0.2) is 0 Å². The van der Waals surface area contributed by atoms with Crippen molar-refractivity contribution in [3.8, 4) is 0 Å². The zero-order chi connectivity index (χ0) is 55.7. The Morgan fingerprint density at radius 1 is 0.527 bits per heavy atom. The van der Waals surface area contributed by atoms with E-state index in [0.717, 1.165) is 22.6 Å². The van der Waals surface area contributed by atoms with Gasteiger partial charge in [-0.1, -0.05) is 13.3 Å². The van der Waals surface area contributed by atoms with Gasteiger partial charge >= 0.3 is 47.8 Å². The SMILES string of the molecule is CCCCNCOC(CCCCN=COCCC(C(=O)O)N(CCN(CC=O)CC(=O)O)CCN(CC(=O)O)CC(=O)O)NCOCCC(C(=O)O)N(CCN(CC=O)CC(=O)O)CCN(CC(=O)O)CC(=O)O. The van der Waals surface area contributed by atoms with Crippen LogP contribution in [-0.4, -0.2) is 300 Å². The van der Waals surface area contributed by atoms with E-state index in [4.69, 9.17) is 14.2 Å². The van der Waals surface area contributed by atoms with Crippen molar-refractivity contribution in [2.75, 3.05) is 144 Å². The van der Waals surface area contributed by atoms with Gasteiger partial charge in [0, 0.05) is 65.3 Å². The van der Waals surface area contributed by atoms with E-state index in [-0.39, 0.29) is 105 Å². The fraction of sp³-hybridized carbons (Fsp3) is 0.750. The number of aliphatic carboxylic acids is 8. The number of nitrogens with one attached hydrogen (secondary N) is 2. The highest BCUT2D eigenvalue weighted by Gasteiger charge is 2.29. The minimum Gasteiger partial charge on any atom is -0.483 e. The molecular formula is C44H77N9O21. The largest absolute Gasteiger partial charge is 0.483 e. The molecule has 0 radical (unpaired) electrons. The number of carboxylic acids is 8. The van der Waals surface area contributed by atoms with Crippen molar-refractivity contribution in [3.05, 3.63) is 0 Å². The zero-order valence-corrected chi connectivity index (χ0v) is 42.0. The third kappa shape index (κ3) is 37.0. The van der Waals surface area contributed by atoms with Gasteiger partial charge in [-0.15, -0.1) is 0 Å². The summed E-state index contributed by atoms with van der Waals surface area (Å²) in [5.41, 5.74) is 0. The van der Waals surface area contributed by atoms with Crippen LogP contribution in [0.15, 0.2) is 4.99 Å². The standard InChI is InChI=1S/C44H77N9O21/c1-2-3-9-46-32-74-36(47-33-73-24-8-35(44(70)71)53(16-12-49(20-22-55)26-38(58)59)18-14-51(29-41(64)65)30-42(66)67)6-4-5-10-45-31-72-23-7-34(43(68)69)52(15-11-48(19-21-54)25-37(56)57)17-13-50(27-39(60)61)28-40(62)63/h21-22,31,34-36,46-47H,2-20,23-30,32-33H2,1H3,(H,56,57)(H,58,59)(H,60,61)(H,62,63)(H,64,65)(H,66,67)(H,68,69)(H,70,71). The van der Waals surface area contributed by atoms with E-state index < -0.39 is 105 Å². The smallest absolute Gasteiger partial charge is 0.321 e. The molecule has 0 spiro atoms. The molecule has 3 unspecified atom stereocenters. The quantitative estimate of drug-likeness (QED) is 0.00946. The van der Waals surface area contributed by atoms with Gasteiger partial charge in [-0.2, -0.15) is 0 Å². The number of hydrogen-bond acceptors (Lipinski definition) is 22. The monoisotopic (exact) mass is 1070 g/mol. The highest BCUT2D eigenvalue weighted by molar-refractivity contribution is 5.75. The Morgan fingerprint density at radius 3 is 1.35 bits per heavy atom. The summed E-state index contributed by atoms with van der Waals surface area (Å²) in [7, 11) is 0. The molecule has 424 valence electrons. The first-order valence-corrected chi connectivity index (χ1v) is 24.0. The molecule has 3 atom stereocenters. The number of hydrogen-bond donors (Lipinski definition) is 10. The third-order valence-electron chi connectivity index (χ3n) is 10.8. The first kappa shape index (κ1) is 68.2. The van der Waals surface area contributed by atoms with E-state index in [9.17, 15) is 88.8 Å². The third-order valence-corrected chi connectivity index (χ3v) is 10.8. The van der Waals surface area contributed by atoms with Gasteiger partial charge in [0.1, 0.15) is 30.9 Å². The second-order valence-corrected chi connectivity index (χ2v) is 16.7. The summed E-state index contributed by atoms with van der Waals surface area (Å²) in [6.45, 7) is -1.79. The minimum atomic E-state index is -1.30. The predicted molar refractivity (Wildman–Crippen MR) is 259 cm³/mol. The number of nitrogens with zero attached hydrogens (tertiary/aromatic N) is 7. The van der Waals surface area contributed by atoms with Crippen molar-refractivity contribution in [2.45, 2.75) is 70.2 Å². The van der Waals surface area contributed by atoms with Crippen molar-refractivity contribution < 1.29 is 103 Å². The lowest BCUT2D eigenvalue weighted by atomic mass is 10.1. The van der Waals surface area contributed by atoms with Gasteiger partial charge in [0.15, 0.2) is 6.40 Å². The van der Waals surface area contributed by atoms with E-state index >= 15 is 0 Å². The lowest BCUT2D eigenvalue weighted by Gasteiger charge is -2.32. The molecule has 0 aromatic rings. The molecule has 0 aromatic carbocycles. The summed E-state index contributed by atoms with van der Waals surface area (Å²) in [5, 5.41) is 82.2. The lowest BCUT2D eigenvalue weighted by molar-refractivity contribution is -0.146. The Kier molecular flexibility index (Phi) is 39.2. The van der Waals surface area contributed by atoms with Crippen LogP contribution in [0.5, 0.6) is 0 Å². The van der Waals surface area contributed by atoms with E-state index in [1.807, 2.05) is 6.92 Å². The second-order valence-electron chi connectivity index (χ2n) is 16.7. The molecule has 30 heteroatoms. The molecule has 0 heterocycles. The number of ether oxygens (including phenoxy) is 3. The summed E-state index contributed by atoms with van der Waals surface area (Å²) in [6, 6.07) is -2.46. The fourth-order valence-corrected chi connectivity index (χ4v) is 7.17. The molecule has 74 heavy (non-hydrogen) atoms. The van der Waals surface area contributed by atoms with Crippen molar-refractivity contribution >= 4 is 66.7 Å². The van der Waals surface area contributed by atoms with Gasteiger partial charge in [-0.05, 0) is 38.6 Å². The van der Waals surface area contributed by atoms with Crippen LogP contribution in [0.3, 0.4) is 0 Å². The first-order chi connectivity index (χ1) is 35.2. The number of carbonyl (C=O) groups is 10. The van der Waals surface area contributed by atoms with Gasteiger partial charge in [0.05, 0.1) is 79.0 Å². The maximum absolute atomic E-state index is 12.5. The number of carboxylic acid groups (broad SMARTS) is 8. The molecule has 0 bridgehead atoms. The summed E-state index contributed by atoms with van der Waals surface area (Å²) in [6.07, 6.45) is 5.01. The summed E-state index contributed by atoms with van der Waals surface area (Å²) in [4.78, 5) is 127. The number of rotatable bonds is 53. The Labute approximate surface area is 428 Å². The van der Waals surface area contributed by atoms with Crippen molar-refractivity contribution in [1.82, 2.24) is 40.0 Å². The number of aliphatic imine (C=N–C) groups is 1. The highest BCUT2D eigenvalue weighted by atomic mass is 16.5. The van der Waals surface area contributed by atoms with Crippen molar-refractivity contribution in [1.29, 1.82) is 0 Å². The van der Waals surface area contributed by atoms with Crippen molar-refractivity contribution in [2.24, 2.45) is 4.99 Å². The zero-order valence-electron chi connectivity index (χ0n) is 42.0. The van der Waals surface area contributed by atoms with Gasteiger partial charge in [0.25, 0.3) is 0 Å². The van der Waals surface area contributed by atoms with E-state index in [0.29, 0.717) is 44.9 Å².